The quantitative estimate of drug-likeness (QED) is 0.516. The summed E-state index contributed by atoms with van der Waals surface area (Å²) in [6.07, 6.45) is 6.15. The lowest BCUT2D eigenvalue weighted by molar-refractivity contribution is -0.159. The van der Waals surface area contributed by atoms with Crippen LogP contribution in [0, 0.1) is 5.41 Å². The number of pyridine rings is 1. The van der Waals surface area contributed by atoms with Crippen molar-refractivity contribution in [1.29, 1.82) is 0 Å². The highest BCUT2D eigenvalue weighted by Crippen LogP contribution is 2.47. The lowest BCUT2D eigenvalue weighted by Crippen LogP contribution is -2.56. The van der Waals surface area contributed by atoms with Crippen molar-refractivity contribution >= 4 is 28.5 Å². The molecule has 1 aliphatic carbocycles. The van der Waals surface area contributed by atoms with Crippen LogP contribution >= 0.6 is 0 Å². The summed E-state index contributed by atoms with van der Waals surface area (Å²) in [6, 6.07) is 10.7. The van der Waals surface area contributed by atoms with Gasteiger partial charge in [0.1, 0.15) is 17.2 Å². The summed E-state index contributed by atoms with van der Waals surface area (Å²) < 4.78 is 5.35. The molecule has 0 atom stereocenters. The Labute approximate surface area is 176 Å². The first-order valence-corrected chi connectivity index (χ1v) is 10.7. The first kappa shape index (κ1) is 19.1. The number of benzene rings is 1. The third kappa shape index (κ3) is 3.77. The zero-order chi connectivity index (χ0) is 20.6. The summed E-state index contributed by atoms with van der Waals surface area (Å²) in [6.45, 7) is 4.61. The van der Waals surface area contributed by atoms with Gasteiger partial charge in [0.05, 0.1) is 19.4 Å². The molecule has 3 aromatic rings. The van der Waals surface area contributed by atoms with E-state index in [-0.39, 0.29) is 0 Å². The summed E-state index contributed by atoms with van der Waals surface area (Å²) in [4.78, 5) is 13.8. The number of nitrogens with one attached hydrogen (secondary N) is 2. The highest BCUT2D eigenvalue weighted by molar-refractivity contribution is 5.73. The first-order chi connectivity index (χ1) is 14.6. The summed E-state index contributed by atoms with van der Waals surface area (Å²) in [7, 11) is 0. The molecule has 1 aliphatic heterocycles. The second-order valence-corrected chi connectivity index (χ2v) is 8.67. The number of nitrogen functional groups attached to an aromatic ring is 1. The Kier molecular flexibility index (Phi) is 4.90. The van der Waals surface area contributed by atoms with Crippen molar-refractivity contribution in [2.45, 2.75) is 45.2 Å². The Bertz CT molecular complexity index is 1060. The normalized spacial score (nSPS) is 17.5. The third-order valence-corrected chi connectivity index (χ3v) is 6.14. The number of nitrogens with zero attached hydrogens (tertiary/aromatic N) is 3. The van der Waals surface area contributed by atoms with Gasteiger partial charge in [-0.25, -0.2) is 15.0 Å². The molecule has 1 spiro atoms. The van der Waals surface area contributed by atoms with E-state index in [2.05, 4.69) is 44.6 Å². The minimum atomic E-state index is 0.434. The fourth-order valence-corrected chi connectivity index (χ4v) is 4.43. The van der Waals surface area contributed by atoms with E-state index in [0.717, 1.165) is 61.5 Å². The van der Waals surface area contributed by atoms with Gasteiger partial charge in [-0.1, -0.05) is 25.5 Å². The van der Waals surface area contributed by atoms with Crippen LogP contribution in [0.1, 0.15) is 37.3 Å². The largest absolute Gasteiger partial charge is 0.398 e. The summed E-state index contributed by atoms with van der Waals surface area (Å²) in [5.74, 6) is 1.56. The number of aryl methyl sites for hydroxylation is 1. The lowest BCUT2D eigenvalue weighted by atomic mass is 9.64. The van der Waals surface area contributed by atoms with Crippen molar-refractivity contribution < 1.29 is 4.74 Å². The molecule has 156 valence electrons. The van der Waals surface area contributed by atoms with Crippen molar-refractivity contribution in [2.24, 2.45) is 5.41 Å². The van der Waals surface area contributed by atoms with Crippen LogP contribution in [0.4, 0.5) is 17.3 Å². The van der Waals surface area contributed by atoms with Gasteiger partial charge in [0.2, 0.25) is 0 Å². The van der Waals surface area contributed by atoms with Crippen LogP contribution in [-0.2, 0) is 17.7 Å². The molecule has 5 rings (SSSR count). The molecular weight excluding hydrogens is 376 g/mol. The van der Waals surface area contributed by atoms with Crippen LogP contribution in [0.2, 0.25) is 0 Å². The number of rotatable bonds is 7. The number of fused-ring (bicyclic) bond motifs is 1. The summed E-state index contributed by atoms with van der Waals surface area (Å²) >= 11 is 0. The van der Waals surface area contributed by atoms with Gasteiger partial charge in [0.15, 0.2) is 5.65 Å². The lowest BCUT2D eigenvalue weighted by Gasteiger charge is -2.53. The van der Waals surface area contributed by atoms with Crippen LogP contribution in [0.25, 0.3) is 11.2 Å². The molecule has 7 nitrogen and oxygen atoms in total. The number of anilines is 3. The number of hydrogen-bond acceptors (Lipinski definition) is 7. The van der Waals surface area contributed by atoms with Crippen LogP contribution in [0.5, 0.6) is 0 Å². The fraction of sp³-hybridized carbons (Fsp3) is 0.435. The van der Waals surface area contributed by atoms with Crippen molar-refractivity contribution in [2.75, 3.05) is 29.6 Å². The maximum Gasteiger partial charge on any atom is 0.182 e. The van der Waals surface area contributed by atoms with Crippen molar-refractivity contribution in [3.8, 4) is 0 Å². The summed E-state index contributed by atoms with van der Waals surface area (Å²) in [5, 5.41) is 6.86. The van der Waals surface area contributed by atoms with E-state index in [9.17, 15) is 0 Å². The predicted octanol–water partition coefficient (Wildman–Crippen LogP) is 3.76. The van der Waals surface area contributed by atoms with E-state index in [4.69, 9.17) is 10.5 Å². The molecule has 0 amide bonds. The standard InChI is InChI=1S/C23H28N6O/c1-2-3-16-5-4-15(8-18(16)24)11-26-21-12-25-19-6-7-20(28-22(19)29-21)27-17-9-23(10-17)13-30-14-23/h4-8,12,17H,2-3,9-11,13-14,24H2,1H3,(H2,26,27,28,29). The molecule has 1 aromatic carbocycles. The van der Waals surface area contributed by atoms with E-state index in [0.29, 0.717) is 29.5 Å². The molecule has 0 bridgehead atoms. The second kappa shape index (κ2) is 7.72. The molecule has 4 N–H and O–H groups in total. The van der Waals surface area contributed by atoms with Gasteiger partial charge in [-0.2, -0.15) is 0 Å². The highest BCUT2D eigenvalue weighted by Gasteiger charge is 2.49. The van der Waals surface area contributed by atoms with Crippen LogP contribution in [-0.4, -0.2) is 34.2 Å². The Morgan fingerprint density at radius 2 is 1.97 bits per heavy atom. The SMILES string of the molecule is CCCc1ccc(CNc2cnc3ccc(NC4CC5(COC5)C4)nc3n2)cc1N. The van der Waals surface area contributed by atoms with E-state index in [1.54, 1.807) is 6.20 Å². The van der Waals surface area contributed by atoms with Gasteiger partial charge in [-0.3, -0.25) is 0 Å². The molecular formula is C23H28N6O. The van der Waals surface area contributed by atoms with E-state index in [1.807, 2.05) is 18.2 Å². The molecule has 1 saturated heterocycles. The van der Waals surface area contributed by atoms with Crippen molar-refractivity contribution in [3.05, 3.63) is 47.7 Å². The smallest absolute Gasteiger partial charge is 0.182 e. The van der Waals surface area contributed by atoms with Crippen LogP contribution in [0.15, 0.2) is 36.5 Å². The Morgan fingerprint density at radius 3 is 2.70 bits per heavy atom. The topological polar surface area (TPSA) is 98.0 Å². The molecule has 30 heavy (non-hydrogen) atoms. The predicted molar refractivity (Wildman–Crippen MR) is 119 cm³/mol. The van der Waals surface area contributed by atoms with Crippen LogP contribution in [0.3, 0.4) is 0 Å². The van der Waals surface area contributed by atoms with E-state index < -0.39 is 0 Å². The van der Waals surface area contributed by atoms with Gasteiger partial charge < -0.3 is 21.1 Å². The first-order valence-electron chi connectivity index (χ1n) is 10.7. The van der Waals surface area contributed by atoms with E-state index >= 15 is 0 Å². The van der Waals surface area contributed by atoms with Gasteiger partial charge in [0.25, 0.3) is 0 Å². The average molecular weight is 405 g/mol. The van der Waals surface area contributed by atoms with Crippen LogP contribution < -0.4 is 16.4 Å². The number of hydrogen-bond donors (Lipinski definition) is 3. The fourth-order valence-electron chi connectivity index (χ4n) is 4.43. The molecule has 7 heteroatoms. The molecule has 0 unspecified atom stereocenters. The number of aromatic nitrogens is 3. The third-order valence-electron chi connectivity index (χ3n) is 6.14. The van der Waals surface area contributed by atoms with Gasteiger partial charge >= 0.3 is 0 Å². The maximum atomic E-state index is 6.17. The molecule has 0 radical (unpaired) electrons. The Morgan fingerprint density at radius 1 is 1.13 bits per heavy atom. The minimum Gasteiger partial charge on any atom is -0.398 e. The Hall–Kier alpha value is -2.93. The van der Waals surface area contributed by atoms with Gasteiger partial charge in [0, 0.05) is 23.7 Å². The zero-order valence-corrected chi connectivity index (χ0v) is 17.3. The number of ether oxygens (including phenoxy) is 1. The van der Waals surface area contributed by atoms with Crippen molar-refractivity contribution in [3.63, 3.8) is 0 Å². The molecule has 3 heterocycles. The van der Waals surface area contributed by atoms with Gasteiger partial charge in [-0.15, -0.1) is 0 Å². The molecule has 2 fully saturated rings. The monoisotopic (exact) mass is 404 g/mol. The van der Waals surface area contributed by atoms with E-state index in [1.165, 1.54) is 5.56 Å². The number of nitrogens with two attached hydrogens (primary N) is 1. The molecule has 2 aromatic heterocycles. The molecule has 1 saturated carbocycles. The average Bonchev–Trinajstić information content (AvgIpc) is 2.69. The zero-order valence-electron chi connectivity index (χ0n) is 17.3. The second-order valence-electron chi connectivity index (χ2n) is 8.67. The minimum absolute atomic E-state index is 0.434. The highest BCUT2D eigenvalue weighted by atomic mass is 16.5. The maximum absolute atomic E-state index is 6.17. The Balaban J connectivity index is 1.24. The molecule has 2 aliphatic rings. The van der Waals surface area contributed by atoms with Gasteiger partial charge in [-0.05, 0) is 48.6 Å². The summed E-state index contributed by atoms with van der Waals surface area (Å²) in [5.41, 5.74) is 11.2. The van der Waals surface area contributed by atoms with Crippen molar-refractivity contribution in [1.82, 2.24) is 15.0 Å².